The predicted molar refractivity (Wildman–Crippen MR) is 63.7 cm³/mol. The monoisotopic (exact) mass is 232 g/mol. The number of likely N-dealkylation sites (tertiary alicyclic amines) is 1. The summed E-state index contributed by atoms with van der Waals surface area (Å²) in [7, 11) is 0. The standard InChI is InChI=1S/C13H16N2O2/c14-10-5-6-15(8-10)13(16)12-7-9-3-1-2-4-11(9)17-12/h1-4,10,12H,5-8,14H2. The zero-order valence-corrected chi connectivity index (χ0v) is 9.63. The molecule has 4 nitrogen and oxygen atoms in total. The minimum Gasteiger partial charge on any atom is -0.480 e. The second-order valence-electron chi connectivity index (χ2n) is 4.75. The lowest BCUT2D eigenvalue weighted by atomic mass is 10.1. The number of nitrogens with zero attached hydrogens (tertiary/aromatic N) is 1. The van der Waals surface area contributed by atoms with Crippen LogP contribution in [-0.2, 0) is 11.2 Å². The Morgan fingerprint density at radius 1 is 1.41 bits per heavy atom. The number of hydrogen-bond donors (Lipinski definition) is 1. The van der Waals surface area contributed by atoms with Crippen LogP contribution in [0.3, 0.4) is 0 Å². The Morgan fingerprint density at radius 2 is 2.24 bits per heavy atom. The van der Waals surface area contributed by atoms with Gasteiger partial charge in [-0.3, -0.25) is 4.79 Å². The van der Waals surface area contributed by atoms with Crippen LogP contribution in [-0.4, -0.2) is 36.0 Å². The van der Waals surface area contributed by atoms with E-state index in [1.165, 1.54) is 0 Å². The number of nitrogens with two attached hydrogens (primary N) is 1. The lowest BCUT2D eigenvalue weighted by Gasteiger charge is -2.19. The number of amides is 1. The van der Waals surface area contributed by atoms with E-state index in [2.05, 4.69) is 0 Å². The van der Waals surface area contributed by atoms with Crippen molar-refractivity contribution in [1.29, 1.82) is 0 Å². The Bertz CT molecular complexity index is 422. The molecule has 2 N–H and O–H groups in total. The Labute approximate surface area is 100 Å². The molecule has 0 bridgehead atoms. The molecule has 2 aliphatic heterocycles. The zero-order valence-electron chi connectivity index (χ0n) is 9.63. The molecule has 0 aromatic heterocycles. The molecule has 3 rings (SSSR count). The molecule has 4 heteroatoms. The fourth-order valence-electron chi connectivity index (χ4n) is 2.51. The first-order valence-electron chi connectivity index (χ1n) is 6.03. The lowest BCUT2D eigenvalue weighted by molar-refractivity contribution is -0.136. The van der Waals surface area contributed by atoms with Gasteiger partial charge in [-0.05, 0) is 18.1 Å². The van der Waals surface area contributed by atoms with Crippen LogP contribution in [0.1, 0.15) is 12.0 Å². The van der Waals surface area contributed by atoms with E-state index < -0.39 is 0 Å². The highest BCUT2D eigenvalue weighted by atomic mass is 16.5. The number of hydrogen-bond acceptors (Lipinski definition) is 3. The quantitative estimate of drug-likeness (QED) is 0.769. The molecule has 1 amide bonds. The summed E-state index contributed by atoms with van der Waals surface area (Å²) >= 11 is 0. The second kappa shape index (κ2) is 4.04. The first-order chi connectivity index (χ1) is 8.24. The van der Waals surface area contributed by atoms with Crippen molar-refractivity contribution >= 4 is 5.91 Å². The molecule has 1 fully saturated rings. The summed E-state index contributed by atoms with van der Waals surface area (Å²) in [4.78, 5) is 14.0. The van der Waals surface area contributed by atoms with Crippen molar-refractivity contribution in [3.05, 3.63) is 29.8 Å². The van der Waals surface area contributed by atoms with Crippen molar-refractivity contribution in [3.63, 3.8) is 0 Å². The van der Waals surface area contributed by atoms with E-state index in [1.54, 1.807) is 0 Å². The molecule has 1 saturated heterocycles. The van der Waals surface area contributed by atoms with E-state index in [4.69, 9.17) is 10.5 Å². The molecule has 1 aromatic rings. The molecule has 0 radical (unpaired) electrons. The minimum atomic E-state index is -0.349. The number of rotatable bonds is 1. The third kappa shape index (κ3) is 1.89. The molecule has 2 heterocycles. The number of benzene rings is 1. The largest absolute Gasteiger partial charge is 0.480 e. The van der Waals surface area contributed by atoms with E-state index >= 15 is 0 Å². The molecule has 17 heavy (non-hydrogen) atoms. The number of carbonyl (C=O) groups is 1. The van der Waals surface area contributed by atoms with E-state index in [-0.39, 0.29) is 18.1 Å². The third-order valence-corrected chi connectivity index (χ3v) is 3.46. The SMILES string of the molecule is NC1CCN(C(=O)C2Cc3ccccc3O2)C1. The highest BCUT2D eigenvalue weighted by molar-refractivity contribution is 5.83. The zero-order chi connectivity index (χ0) is 11.8. The van der Waals surface area contributed by atoms with Crippen LogP contribution >= 0.6 is 0 Å². The van der Waals surface area contributed by atoms with Gasteiger partial charge in [0.2, 0.25) is 0 Å². The maximum absolute atomic E-state index is 12.2. The van der Waals surface area contributed by atoms with E-state index in [1.807, 2.05) is 29.2 Å². The summed E-state index contributed by atoms with van der Waals surface area (Å²) in [5.74, 6) is 0.920. The van der Waals surface area contributed by atoms with E-state index in [0.717, 1.165) is 24.3 Å². The fraction of sp³-hybridized carbons (Fsp3) is 0.462. The molecular weight excluding hydrogens is 216 g/mol. The summed E-state index contributed by atoms with van der Waals surface area (Å²) in [5.41, 5.74) is 6.93. The van der Waals surface area contributed by atoms with Crippen LogP contribution in [0.2, 0.25) is 0 Å². The number of carbonyl (C=O) groups excluding carboxylic acids is 1. The van der Waals surface area contributed by atoms with Crippen LogP contribution in [0.4, 0.5) is 0 Å². The molecule has 90 valence electrons. The third-order valence-electron chi connectivity index (χ3n) is 3.46. The van der Waals surface area contributed by atoms with Crippen LogP contribution in [0.15, 0.2) is 24.3 Å². The molecule has 1 aromatic carbocycles. The maximum Gasteiger partial charge on any atom is 0.264 e. The molecule has 0 saturated carbocycles. The van der Waals surface area contributed by atoms with Gasteiger partial charge in [0.25, 0.3) is 5.91 Å². The van der Waals surface area contributed by atoms with Crippen molar-refractivity contribution in [3.8, 4) is 5.75 Å². The van der Waals surface area contributed by atoms with Gasteiger partial charge in [-0.2, -0.15) is 0 Å². The van der Waals surface area contributed by atoms with Gasteiger partial charge in [0, 0.05) is 25.6 Å². The minimum absolute atomic E-state index is 0.0779. The van der Waals surface area contributed by atoms with Gasteiger partial charge in [0.05, 0.1) is 0 Å². The molecule has 2 unspecified atom stereocenters. The van der Waals surface area contributed by atoms with Gasteiger partial charge in [-0.15, -0.1) is 0 Å². The molecule has 0 aliphatic carbocycles. The highest BCUT2D eigenvalue weighted by Crippen LogP contribution is 2.29. The fourth-order valence-corrected chi connectivity index (χ4v) is 2.51. The average molecular weight is 232 g/mol. The average Bonchev–Trinajstić information content (AvgIpc) is 2.93. The number of para-hydroxylation sites is 1. The Morgan fingerprint density at radius 3 is 2.94 bits per heavy atom. The van der Waals surface area contributed by atoms with Crippen molar-refractivity contribution in [2.45, 2.75) is 25.0 Å². The Hall–Kier alpha value is -1.55. The number of ether oxygens (including phenoxy) is 1. The summed E-state index contributed by atoms with van der Waals surface area (Å²) in [6.45, 7) is 1.42. The molecule has 2 atom stereocenters. The Kier molecular flexibility index (Phi) is 2.52. The molecule has 0 spiro atoms. The smallest absolute Gasteiger partial charge is 0.264 e. The first kappa shape index (κ1) is 10.6. The summed E-state index contributed by atoms with van der Waals surface area (Å²) in [6.07, 6.45) is 1.23. The highest BCUT2D eigenvalue weighted by Gasteiger charge is 2.34. The summed E-state index contributed by atoms with van der Waals surface area (Å²) < 4.78 is 5.68. The normalized spacial score (nSPS) is 26.8. The first-order valence-corrected chi connectivity index (χ1v) is 6.03. The van der Waals surface area contributed by atoms with Crippen molar-refractivity contribution < 1.29 is 9.53 Å². The molecular formula is C13H16N2O2. The van der Waals surface area contributed by atoms with Crippen molar-refractivity contribution in [1.82, 2.24) is 4.90 Å². The Balaban J connectivity index is 1.70. The van der Waals surface area contributed by atoms with Gasteiger partial charge < -0.3 is 15.4 Å². The van der Waals surface area contributed by atoms with Crippen LogP contribution in [0.5, 0.6) is 5.75 Å². The van der Waals surface area contributed by atoms with Gasteiger partial charge in [0.1, 0.15) is 5.75 Å². The van der Waals surface area contributed by atoms with Crippen molar-refractivity contribution in [2.75, 3.05) is 13.1 Å². The van der Waals surface area contributed by atoms with Crippen LogP contribution < -0.4 is 10.5 Å². The van der Waals surface area contributed by atoms with Gasteiger partial charge in [0.15, 0.2) is 6.10 Å². The van der Waals surface area contributed by atoms with Gasteiger partial charge >= 0.3 is 0 Å². The predicted octanol–water partition coefficient (Wildman–Crippen LogP) is 0.550. The summed E-state index contributed by atoms with van der Waals surface area (Å²) in [6, 6.07) is 7.96. The lowest BCUT2D eigenvalue weighted by Crippen LogP contribution is -2.41. The maximum atomic E-state index is 12.2. The van der Waals surface area contributed by atoms with E-state index in [0.29, 0.717) is 13.0 Å². The van der Waals surface area contributed by atoms with Gasteiger partial charge in [-0.25, -0.2) is 0 Å². The van der Waals surface area contributed by atoms with Gasteiger partial charge in [-0.1, -0.05) is 18.2 Å². The topological polar surface area (TPSA) is 55.6 Å². The number of fused-ring (bicyclic) bond motifs is 1. The second-order valence-corrected chi connectivity index (χ2v) is 4.75. The van der Waals surface area contributed by atoms with E-state index in [9.17, 15) is 4.79 Å². The van der Waals surface area contributed by atoms with Crippen LogP contribution in [0.25, 0.3) is 0 Å². The molecule has 2 aliphatic rings. The van der Waals surface area contributed by atoms with Crippen LogP contribution in [0, 0.1) is 0 Å². The summed E-state index contributed by atoms with van der Waals surface area (Å²) in [5, 5.41) is 0. The van der Waals surface area contributed by atoms with Crippen molar-refractivity contribution in [2.24, 2.45) is 5.73 Å².